The van der Waals surface area contributed by atoms with E-state index < -0.39 is 0 Å². The van der Waals surface area contributed by atoms with Crippen LogP contribution in [-0.2, 0) is 13.5 Å². The van der Waals surface area contributed by atoms with Crippen molar-refractivity contribution in [3.05, 3.63) is 42.0 Å². The van der Waals surface area contributed by atoms with Crippen LogP contribution in [0.5, 0.6) is 5.75 Å². The molecule has 1 heterocycles. The van der Waals surface area contributed by atoms with E-state index in [9.17, 15) is 0 Å². The smallest absolute Gasteiger partial charge is 0.119 e. The van der Waals surface area contributed by atoms with Gasteiger partial charge in [-0.2, -0.15) is 0 Å². The number of ether oxygens (including phenoxy) is 1. The van der Waals surface area contributed by atoms with Crippen LogP contribution in [0.4, 0.5) is 0 Å². The molecule has 0 aliphatic carbocycles. The molecule has 0 fully saturated rings. The minimum atomic E-state index is 0.914. The minimum Gasteiger partial charge on any atom is -0.497 e. The third kappa shape index (κ3) is 1.49. The first-order valence-corrected chi connectivity index (χ1v) is 6.29. The summed E-state index contributed by atoms with van der Waals surface area (Å²) in [6.07, 6.45) is 1.07. The van der Waals surface area contributed by atoms with E-state index in [1.807, 2.05) is 6.07 Å². The molecule has 2 nitrogen and oxygen atoms in total. The van der Waals surface area contributed by atoms with Crippen LogP contribution in [-0.4, -0.2) is 11.7 Å². The van der Waals surface area contributed by atoms with E-state index in [-0.39, 0.29) is 0 Å². The number of aryl methyl sites for hydroxylation is 2. The van der Waals surface area contributed by atoms with Gasteiger partial charge < -0.3 is 9.30 Å². The molecule has 3 aromatic rings. The molecule has 18 heavy (non-hydrogen) atoms. The lowest BCUT2D eigenvalue weighted by Crippen LogP contribution is -1.87. The van der Waals surface area contributed by atoms with Crippen molar-refractivity contribution in [2.45, 2.75) is 13.3 Å². The monoisotopic (exact) mass is 239 g/mol. The van der Waals surface area contributed by atoms with E-state index in [2.05, 4.69) is 48.9 Å². The highest BCUT2D eigenvalue weighted by atomic mass is 16.5. The third-order valence-electron chi connectivity index (χ3n) is 3.69. The average molecular weight is 239 g/mol. The quantitative estimate of drug-likeness (QED) is 0.661. The second-order valence-electron chi connectivity index (χ2n) is 4.65. The van der Waals surface area contributed by atoms with Gasteiger partial charge in [0, 0.05) is 28.9 Å². The average Bonchev–Trinajstić information content (AvgIpc) is 2.71. The molecule has 0 saturated heterocycles. The molecule has 0 atom stereocenters. The van der Waals surface area contributed by atoms with E-state index in [1.165, 1.54) is 27.4 Å². The number of hydrogen-bond acceptors (Lipinski definition) is 1. The van der Waals surface area contributed by atoms with Gasteiger partial charge in [0.1, 0.15) is 5.75 Å². The predicted octanol–water partition coefficient (Wildman–Crippen LogP) is 3.90. The summed E-state index contributed by atoms with van der Waals surface area (Å²) < 4.78 is 7.57. The van der Waals surface area contributed by atoms with E-state index in [4.69, 9.17) is 4.74 Å². The molecule has 2 heteroatoms. The zero-order valence-corrected chi connectivity index (χ0v) is 11.0. The number of rotatable bonds is 2. The summed E-state index contributed by atoms with van der Waals surface area (Å²) in [7, 11) is 3.83. The van der Waals surface area contributed by atoms with Crippen molar-refractivity contribution >= 4 is 21.8 Å². The van der Waals surface area contributed by atoms with Gasteiger partial charge in [-0.1, -0.05) is 13.0 Å². The molecular weight excluding hydrogens is 222 g/mol. The van der Waals surface area contributed by atoms with Crippen molar-refractivity contribution in [1.29, 1.82) is 0 Å². The van der Waals surface area contributed by atoms with E-state index in [1.54, 1.807) is 7.11 Å². The van der Waals surface area contributed by atoms with Crippen LogP contribution in [0.1, 0.15) is 12.5 Å². The second-order valence-corrected chi connectivity index (χ2v) is 4.65. The van der Waals surface area contributed by atoms with Crippen LogP contribution in [0.15, 0.2) is 36.4 Å². The van der Waals surface area contributed by atoms with Crippen molar-refractivity contribution in [3.63, 3.8) is 0 Å². The Bertz CT molecular complexity index is 663. The van der Waals surface area contributed by atoms with E-state index in [0.717, 1.165) is 12.2 Å². The summed E-state index contributed by atoms with van der Waals surface area (Å²) in [5.41, 5.74) is 3.90. The van der Waals surface area contributed by atoms with Crippen molar-refractivity contribution in [3.8, 4) is 5.75 Å². The Balaban J connectivity index is 2.44. The molecule has 0 N–H and O–H groups in total. The molecule has 0 amide bonds. The Labute approximate surface area is 107 Å². The molecule has 3 rings (SSSR count). The van der Waals surface area contributed by atoms with Crippen LogP contribution in [0.2, 0.25) is 0 Å². The first kappa shape index (κ1) is 11.1. The largest absolute Gasteiger partial charge is 0.497 e. The Morgan fingerprint density at radius 1 is 1.00 bits per heavy atom. The number of hydrogen-bond donors (Lipinski definition) is 0. The summed E-state index contributed by atoms with van der Waals surface area (Å²) in [5, 5.41) is 2.58. The molecule has 0 unspecified atom stereocenters. The highest BCUT2D eigenvalue weighted by Gasteiger charge is 2.09. The Morgan fingerprint density at radius 3 is 2.33 bits per heavy atom. The molecule has 1 aromatic heterocycles. The fourth-order valence-electron chi connectivity index (χ4n) is 2.59. The molecule has 92 valence electrons. The molecule has 0 aliphatic rings. The summed E-state index contributed by atoms with van der Waals surface area (Å²) in [6, 6.07) is 13.0. The maximum absolute atomic E-state index is 5.33. The summed E-state index contributed by atoms with van der Waals surface area (Å²) in [5.74, 6) is 0.914. The van der Waals surface area contributed by atoms with Gasteiger partial charge in [0.2, 0.25) is 0 Å². The predicted molar refractivity (Wildman–Crippen MR) is 76.4 cm³/mol. The molecule has 0 bridgehead atoms. The van der Waals surface area contributed by atoms with Crippen molar-refractivity contribution in [2.75, 3.05) is 7.11 Å². The minimum absolute atomic E-state index is 0.914. The van der Waals surface area contributed by atoms with Gasteiger partial charge in [-0.15, -0.1) is 0 Å². The molecular formula is C16H17NO. The number of methoxy groups -OCH3 is 1. The van der Waals surface area contributed by atoms with Crippen LogP contribution < -0.4 is 4.74 Å². The second kappa shape index (κ2) is 4.05. The van der Waals surface area contributed by atoms with Gasteiger partial charge >= 0.3 is 0 Å². The molecule has 0 spiro atoms. The van der Waals surface area contributed by atoms with Gasteiger partial charge in [-0.05, 0) is 42.3 Å². The number of fused-ring (bicyclic) bond motifs is 3. The zero-order valence-electron chi connectivity index (χ0n) is 11.0. The van der Waals surface area contributed by atoms with E-state index in [0.29, 0.717) is 0 Å². The van der Waals surface area contributed by atoms with Gasteiger partial charge in [0.05, 0.1) is 7.11 Å². The zero-order chi connectivity index (χ0) is 12.7. The lowest BCUT2D eigenvalue weighted by molar-refractivity contribution is 0.415. The van der Waals surface area contributed by atoms with Gasteiger partial charge in [0.15, 0.2) is 0 Å². The number of benzene rings is 2. The standard InChI is InChI=1S/C16H17NO/c1-4-11-5-7-15-13(9-11)14-10-12(18-3)6-8-16(14)17(15)2/h5-10H,4H2,1-3H3. The van der Waals surface area contributed by atoms with Crippen LogP contribution in [0.25, 0.3) is 21.8 Å². The lowest BCUT2D eigenvalue weighted by atomic mass is 10.1. The van der Waals surface area contributed by atoms with Crippen LogP contribution >= 0.6 is 0 Å². The highest BCUT2D eigenvalue weighted by molar-refractivity contribution is 6.08. The highest BCUT2D eigenvalue weighted by Crippen LogP contribution is 2.31. The fourth-order valence-corrected chi connectivity index (χ4v) is 2.59. The first-order valence-electron chi connectivity index (χ1n) is 6.29. The number of aromatic nitrogens is 1. The molecule has 0 radical (unpaired) electrons. The molecule has 2 aromatic carbocycles. The Morgan fingerprint density at radius 2 is 1.67 bits per heavy atom. The van der Waals surface area contributed by atoms with Crippen molar-refractivity contribution in [2.24, 2.45) is 7.05 Å². The topological polar surface area (TPSA) is 14.2 Å². The van der Waals surface area contributed by atoms with Crippen LogP contribution in [0, 0.1) is 0 Å². The third-order valence-corrected chi connectivity index (χ3v) is 3.69. The van der Waals surface area contributed by atoms with Gasteiger partial charge in [-0.3, -0.25) is 0 Å². The molecule has 0 saturated carbocycles. The summed E-state index contributed by atoms with van der Waals surface area (Å²) in [6.45, 7) is 2.19. The molecule has 0 aliphatic heterocycles. The van der Waals surface area contributed by atoms with Gasteiger partial charge in [0.25, 0.3) is 0 Å². The number of nitrogens with zero attached hydrogens (tertiary/aromatic N) is 1. The van der Waals surface area contributed by atoms with Gasteiger partial charge in [-0.25, -0.2) is 0 Å². The lowest BCUT2D eigenvalue weighted by Gasteiger charge is -2.00. The summed E-state index contributed by atoms with van der Waals surface area (Å²) in [4.78, 5) is 0. The van der Waals surface area contributed by atoms with Crippen molar-refractivity contribution < 1.29 is 4.74 Å². The SMILES string of the molecule is CCc1ccc2c(c1)c1cc(OC)ccc1n2C. The maximum Gasteiger partial charge on any atom is 0.119 e. The summed E-state index contributed by atoms with van der Waals surface area (Å²) >= 11 is 0. The Hall–Kier alpha value is -1.96. The Kier molecular flexibility index (Phi) is 2.51. The van der Waals surface area contributed by atoms with E-state index >= 15 is 0 Å². The van der Waals surface area contributed by atoms with Crippen LogP contribution in [0.3, 0.4) is 0 Å². The fraction of sp³-hybridized carbons (Fsp3) is 0.250. The normalized spacial score (nSPS) is 11.3. The van der Waals surface area contributed by atoms with Crippen molar-refractivity contribution in [1.82, 2.24) is 4.57 Å². The first-order chi connectivity index (χ1) is 8.74. The maximum atomic E-state index is 5.33.